The average Bonchev–Trinajstić information content (AvgIpc) is 3.05. The van der Waals surface area contributed by atoms with Crippen LogP contribution >= 0.6 is 0 Å². The smallest absolute Gasteiger partial charge is 0.383 e. The first-order valence-electron chi connectivity index (χ1n) is 9.72. The van der Waals surface area contributed by atoms with Crippen molar-refractivity contribution in [2.24, 2.45) is 7.05 Å². The maximum atomic E-state index is 13.9. The molecule has 0 bridgehead atoms. The van der Waals surface area contributed by atoms with Crippen LogP contribution in [0.2, 0.25) is 0 Å². The molecule has 10 nitrogen and oxygen atoms in total. The maximum absolute atomic E-state index is 13.9. The van der Waals surface area contributed by atoms with E-state index in [-0.39, 0.29) is 17.3 Å². The number of nitrogens with two attached hydrogens (primary N) is 1. The zero-order chi connectivity index (χ0) is 26.1. The molecule has 0 amide bonds. The molecular formula is C21H19F3N6O4S. The van der Waals surface area contributed by atoms with Crippen molar-refractivity contribution in [1.82, 2.24) is 14.5 Å². The Balaban J connectivity index is 2.13. The molecule has 3 aromatic rings. The van der Waals surface area contributed by atoms with Gasteiger partial charge in [-0.05, 0) is 37.3 Å². The van der Waals surface area contributed by atoms with E-state index in [1.807, 2.05) is 0 Å². The Kier molecular flexibility index (Phi) is 6.69. The number of halogens is 3. The van der Waals surface area contributed by atoms with Gasteiger partial charge in [0.1, 0.15) is 23.0 Å². The first kappa shape index (κ1) is 25.4. The third-order valence-corrected chi connectivity index (χ3v) is 6.50. The van der Waals surface area contributed by atoms with E-state index in [1.54, 1.807) is 25.1 Å². The van der Waals surface area contributed by atoms with Crippen molar-refractivity contribution in [1.29, 1.82) is 0 Å². The van der Waals surface area contributed by atoms with E-state index < -0.39 is 42.1 Å². The number of nitro benzene ring substituents is 1. The van der Waals surface area contributed by atoms with Gasteiger partial charge in [-0.15, -0.1) is 0 Å². The summed E-state index contributed by atoms with van der Waals surface area (Å²) in [5.41, 5.74) is 5.89. The number of nitro groups is 1. The van der Waals surface area contributed by atoms with Crippen molar-refractivity contribution in [3.63, 3.8) is 0 Å². The number of alkyl halides is 3. The van der Waals surface area contributed by atoms with E-state index in [4.69, 9.17) is 5.73 Å². The van der Waals surface area contributed by atoms with Crippen LogP contribution in [0.4, 0.5) is 30.5 Å². The molecule has 1 aromatic carbocycles. The van der Waals surface area contributed by atoms with Crippen molar-refractivity contribution < 1.29 is 26.5 Å². The molecule has 0 atom stereocenters. The van der Waals surface area contributed by atoms with Gasteiger partial charge >= 0.3 is 6.18 Å². The molecule has 0 aliphatic carbocycles. The van der Waals surface area contributed by atoms with Crippen LogP contribution in [0.1, 0.15) is 12.6 Å². The van der Waals surface area contributed by atoms with E-state index in [2.05, 4.69) is 21.9 Å². The highest BCUT2D eigenvalue weighted by molar-refractivity contribution is 7.95. The molecule has 0 unspecified atom stereocenters. The summed E-state index contributed by atoms with van der Waals surface area (Å²) in [7, 11) is -3.69. The number of aromatic nitrogens is 3. The van der Waals surface area contributed by atoms with E-state index in [0.717, 1.165) is 24.3 Å². The number of imidazole rings is 1. The first-order valence-corrected chi connectivity index (χ1v) is 11.2. The van der Waals surface area contributed by atoms with Crippen LogP contribution in [0.15, 0.2) is 64.5 Å². The number of sulfone groups is 1. The van der Waals surface area contributed by atoms with Crippen molar-refractivity contribution in [3.05, 3.63) is 75.5 Å². The molecular weight excluding hydrogens is 489 g/mol. The minimum atomic E-state index is -5.31. The fourth-order valence-electron chi connectivity index (χ4n) is 3.03. The lowest BCUT2D eigenvalue weighted by Gasteiger charge is -2.12. The highest BCUT2D eigenvalue weighted by Gasteiger charge is 2.44. The molecule has 3 rings (SSSR count). The number of pyridine rings is 1. The summed E-state index contributed by atoms with van der Waals surface area (Å²) >= 11 is 0. The Morgan fingerprint density at radius 1 is 1.20 bits per heavy atom. The highest BCUT2D eigenvalue weighted by Crippen LogP contribution is 2.37. The Hall–Kier alpha value is -4.20. The first-order chi connectivity index (χ1) is 16.2. The number of hydrogen-bond donors (Lipinski definition) is 2. The fourth-order valence-corrected chi connectivity index (χ4v) is 4.34. The van der Waals surface area contributed by atoms with Crippen LogP contribution in [0.25, 0.3) is 17.6 Å². The van der Waals surface area contributed by atoms with Gasteiger partial charge in [0, 0.05) is 24.9 Å². The predicted octanol–water partition coefficient (Wildman–Crippen LogP) is 4.30. The molecule has 35 heavy (non-hydrogen) atoms. The fraction of sp³-hybridized carbons (Fsp3) is 0.143. The van der Waals surface area contributed by atoms with Crippen molar-refractivity contribution in [2.75, 3.05) is 11.1 Å². The van der Waals surface area contributed by atoms with Crippen LogP contribution in [0, 0.1) is 10.1 Å². The second-order valence-corrected chi connectivity index (χ2v) is 9.26. The number of benzene rings is 1. The molecule has 184 valence electrons. The predicted molar refractivity (Wildman–Crippen MR) is 124 cm³/mol. The summed E-state index contributed by atoms with van der Waals surface area (Å²) in [6.45, 7) is 5.42. The van der Waals surface area contributed by atoms with Gasteiger partial charge in [0.2, 0.25) is 9.84 Å². The summed E-state index contributed by atoms with van der Waals surface area (Å²) < 4.78 is 68.5. The third kappa shape index (κ3) is 5.32. The van der Waals surface area contributed by atoms with Crippen molar-refractivity contribution in [3.8, 4) is 11.5 Å². The van der Waals surface area contributed by atoms with Gasteiger partial charge in [-0.3, -0.25) is 10.1 Å². The molecule has 14 heteroatoms. The summed E-state index contributed by atoms with van der Waals surface area (Å²) in [6, 6.07) is 7.88. The van der Waals surface area contributed by atoms with Crippen LogP contribution in [0.3, 0.4) is 0 Å². The maximum Gasteiger partial charge on any atom is 0.427 e. The number of anilines is 2. The van der Waals surface area contributed by atoms with Gasteiger partial charge in [-0.2, -0.15) is 13.2 Å². The zero-order valence-electron chi connectivity index (χ0n) is 18.4. The normalized spacial score (nSPS) is 12.4. The lowest BCUT2D eigenvalue weighted by atomic mass is 10.3. The van der Waals surface area contributed by atoms with Gasteiger partial charge in [0.05, 0.1) is 9.82 Å². The molecule has 2 heterocycles. The summed E-state index contributed by atoms with van der Waals surface area (Å²) in [5.74, 6) is 0.263. The standard InChI is InChI=1S/C21H19F3N6O4S/c1-12(2)26-18-6-4-5-15(27-18)20-28-16(19(25)29(20)3)11-17(21(22,23)24)35(33,34)14-9-7-13(8-10-14)30(31)32/h4-11H,1,25H2,2-3H3,(H,26,27)/b17-11-. The minimum Gasteiger partial charge on any atom is -0.383 e. The monoisotopic (exact) mass is 508 g/mol. The van der Waals surface area contributed by atoms with Gasteiger partial charge in [-0.1, -0.05) is 12.6 Å². The van der Waals surface area contributed by atoms with Crippen LogP contribution < -0.4 is 11.1 Å². The van der Waals surface area contributed by atoms with Gasteiger partial charge < -0.3 is 15.6 Å². The Labute approximate surface area is 197 Å². The number of nitrogen functional groups attached to an aromatic ring is 1. The quantitative estimate of drug-likeness (QED) is 0.355. The number of nitrogens with zero attached hydrogens (tertiary/aromatic N) is 4. The molecule has 0 radical (unpaired) electrons. The Morgan fingerprint density at radius 2 is 1.83 bits per heavy atom. The van der Waals surface area contributed by atoms with Crippen LogP contribution in [-0.4, -0.2) is 34.1 Å². The largest absolute Gasteiger partial charge is 0.427 e. The second kappa shape index (κ2) is 9.21. The molecule has 0 aliphatic heterocycles. The van der Waals surface area contributed by atoms with E-state index in [0.29, 0.717) is 17.6 Å². The van der Waals surface area contributed by atoms with Gasteiger partial charge in [0.15, 0.2) is 10.7 Å². The molecule has 0 aliphatic rings. The van der Waals surface area contributed by atoms with E-state index in [9.17, 15) is 31.7 Å². The lowest BCUT2D eigenvalue weighted by Crippen LogP contribution is -2.20. The number of allylic oxidation sites excluding steroid dienone is 2. The SMILES string of the molecule is C=C(C)Nc1cccc(-c2nc(/C=C(/C(F)(F)F)S(=O)(=O)c3ccc([N+](=O)[O-])cc3)c(N)n2C)n1. The molecule has 0 saturated carbocycles. The lowest BCUT2D eigenvalue weighted by molar-refractivity contribution is -0.384. The van der Waals surface area contributed by atoms with Gasteiger partial charge in [-0.25, -0.2) is 18.4 Å². The number of non-ortho nitro benzene ring substituents is 1. The number of nitrogens with one attached hydrogen (secondary N) is 1. The molecule has 0 fully saturated rings. The van der Waals surface area contributed by atoms with Crippen molar-refractivity contribution >= 4 is 33.2 Å². The number of hydrogen-bond acceptors (Lipinski definition) is 8. The molecule has 0 spiro atoms. The summed E-state index contributed by atoms with van der Waals surface area (Å²) in [4.78, 5) is 15.7. The molecule has 3 N–H and O–H groups in total. The summed E-state index contributed by atoms with van der Waals surface area (Å²) in [6.07, 6.45) is -4.99. The highest BCUT2D eigenvalue weighted by atomic mass is 32.2. The van der Waals surface area contributed by atoms with E-state index in [1.165, 1.54) is 11.6 Å². The topological polar surface area (TPSA) is 146 Å². The second-order valence-electron chi connectivity index (χ2n) is 7.34. The number of rotatable bonds is 7. The van der Waals surface area contributed by atoms with E-state index >= 15 is 0 Å². The van der Waals surface area contributed by atoms with Crippen LogP contribution in [0.5, 0.6) is 0 Å². The summed E-state index contributed by atoms with van der Waals surface area (Å²) in [5, 5.41) is 13.7. The molecule has 0 saturated heterocycles. The Bertz CT molecular complexity index is 1440. The Morgan fingerprint density at radius 3 is 2.37 bits per heavy atom. The van der Waals surface area contributed by atoms with Gasteiger partial charge in [0.25, 0.3) is 5.69 Å². The zero-order valence-corrected chi connectivity index (χ0v) is 19.2. The average molecular weight is 508 g/mol. The van der Waals surface area contributed by atoms with Crippen molar-refractivity contribution in [2.45, 2.75) is 18.0 Å². The van der Waals surface area contributed by atoms with Crippen LogP contribution in [-0.2, 0) is 16.9 Å². The molecule has 2 aromatic heterocycles. The minimum absolute atomic E-state index is 0.0911. The third-order valence-electron chi connectivity index (χ3n) is 4.68.